The first kappa shape index (κ1) is 36.7. The molecule has 0 saturated carbocycles. The zero-order valence-electron chi connectivity index (χ0n) is 29.7. The van der Waals surface area contributed by atoms with Crippen LogP contribution in [0.15, 0.2) is 49.6 Å². The van der Waals surface area contributed by atoms with Gasteiger partial charge in [-0.05, 0) is 95.9 Å². The maximum Gasteiger partial charge on any atom is 0.249 e. The highest BCUT2D eigenvalue weighted by molar-refractivity contribution is 6.03. The number of carbonyl (C=O) groups is 3. The molecule has 4 rings (SSSR count). The van der Waals surface area contributed by atoms with Crippen LogP contribution in [0.4, 0.5) is 5.69 Å². The van der Waals surface area contributed by atoms with Crippen molar-refractivity contribution in [3.63, 3.8) is 0 Å². The SMILES string of the molecule is C=CCN(C(=O)[C@H]1[C@H]2C(=O)N(CCCCCO)C(C(=O)N(CC=C)C(C)(C)CC(C)(C)C)C23CC[C@]1(C)O3)c1ccc(OCC)cc1. The summed E-state index contributed by atoms with van der Waals surface area (Å²) >= 11 is 0. The lowest BCUT2D eigenvalue weighted by atomic mass is 9.65. The van der Waals surface area contributed by atoms with Gasteiger partial charge in [0, 0.05) is 37.5 Å². The van der Waals surface area contributed by atoms with Crippen LogP contribution >= 0.6 is 0 Å². The van der Waals surface area contributed by atoms with Crippen molar-refractivity contribution in [2.45, 2.75) is 110 Å². The number of hydrogen-bond donors (Lipinski definition) is 1. The molecule has 3 saturated heterocycles. The topological polar surface area (TPSA) is 99.6 Å². The Bertz CT molecular complexity index is 1320. The lowest BCUT2D eigenvalue weighted by Crippen LogP contribution is -2.61. The molecule has 9 nitrogen and oxygen atoms in total. The summed E-state index contributed by atoms with van der Waals surface area (Å²) in [5.41, 5.74) is -1.95. The first-order chi connectivity index (χ1) is 22.1. The van der Waals surface area contributed by atoms with Gasteiger partial charge in [0.1, 0.15) is 17.4 Å². The summed E-state index contributed by atoms with van der Waals surface area (Å²) in [7, 11) is 0. The van der Waals surface area contributed by atoms with E-state index in [2.05, 4.69) is 47.8 Å². The largest absolute Gasteiger partial charge is 0.494 e. The Morgan fingerprint density at radius 1 is 1.04 bits per heavy atom. The minimum absolute atomic E-state index is 0.0533. The average Bonchev–Trinajstić information content (AvgIpc) is 3.56. The number of hydrogen-bond acceptors (Lipinski definition) is 6. The van der Waals surface area contributed by atoms with Crippen LogP contribution in [0.2, 0.25) is 0 Å². The highest BCUT2D eigenvalue weighted by atomic mass is 16.5. The van der Waals surface area contributed by atoms with Gasteiger partial charge in [0.05, 0.1) is 24.0 Å². The normalized spacial score (nSPS) is 26.7. The van der Waals surface area contributed by atoms with Crippen molar-refractivity contribution >= 4 is 23.4 Å². The van der Waals surface area contributed by atoms with Crippen LogP contribution < -0.4 is 9.64 Å². The van der Waals surface area contributed by atoms with Crippen LogP contribution in [0.5, 0.6) is 5.75 Å². The standard InChI is InChI=1S/C38H57N3O6/c1-10-22-39(27-16-18-28(19-17-27)46-12-3)32(43)29-30-33(44)40(24-14-13-15-25-42)31(38(30)21-20-37(29,9)47-38)34(45)41(23-11-2)36(7,8)26-35(4,5)6/h10-11,16-19,29-31,42H,1-2,12-15,20-26H2,3-9H3/t29-,30+,31?,37+,38?/m1/s1. The molecule has 2 unspecified atom stereocenters. The van der Waals surface area contributed by atoms with Crippen LogP contribution in [0.3, 0.4) is 0 Å². The second-order valence-corrected chi connectivity index (χ2v) is 15.5. The summed E-state index contributed by atoms with van der Waals surface area (Å²) < 4.78 is 12.6. The summed E-state index contributed by atoms with van der Waals surface area (Å²) in [4.78, 5) is 49.7. The quantitative estimate of drug-likeness (QED) is 0.180. The number of fused-ring (bicyclic) bond motifs is 1. The molecule has 9 heteroatoms. The maximum atomic E-state index is 15.0. The number of aliphatic hydroxyl groups is 1. The molecule has 3 aliphatic rings. The van der Waals surface area contributed by atoms with Crippen LogP contribution in [0, 0.1) is 17.3 Å². The van der Waals surface area contributed by atoms with Gasteiger partial charge in [-0.15, -0.1) is 13.2 Å². The number of likely N-dealkylation sites (tertiary alicyclic amines) is 1. The van der Waals surface area contributed by atoms with Gasteiger partial charge in [0.25, 0.3) is 0 Å². The second-order valence-electron chi connectivity index (χ2n) is 15.5. The molecule has 1 N–H and O–H groups in total. The molecular formula is C38H57N3O6. The van der Waals surface area contributed by atoms with E-state index < -0.39 is 34.6 Å². The van der Waals surface area contributed by atoms with Gasteiger partial charge in [-0.2, -0.15) is 0 Å². The summed E-state index contributed by atoms with van der Waals surface area (Å²) in [5, 5.41) is 9.41. The molecular weight excluding hydrogens is 594 g/mol. The third-order valence-electron chi connectivity index (χ3n) is 10.1. The molecule has 0 aliphatic carbocycles. The second kappa shape index (κ2) is 14.1. The monoisotopic (exact) mass is 651 g/mol. The maximum absolute atomic E-state index is 15.0. The average molecular weight is 652 g/mol. The fraction of sp³-hybridized carbons (Fsp3) is 0.658. The highest BCUT2D eigenvalue weighted by Crippen LogP contribution is 2.64. The Morgan fingerprint density at radius 3 is 2.28 bits per heavy atom. The highest BCUT2D eigenvalue weighted by Gasteiger charge is 2.78. The van der Waals surface area contributed by atoms with Crippen LogP contribution in [0.1, 0.15) is 87.0 Å². The third-order valence-corrected chi connectivity index (χ3v) is 10.1. The summed E-state index contributed by atoms with van der Waals surface area (Å²) in [6.45, 7) is 23.9. The van der Waals surface area contributed by atoms with E-state index in [-0.39, 0.29) is 36.3 Å². The molecule has 1 aromatic carbocycles. The lowest BCUT2D eigenvalue weighted by molar-refractivity contribution is -0.155. The molecule has 5 atom stereocenters. The molecule has 260 valence electrons. The van der Waals surface area contributed by atoms with Gasteiger partial charge in [0.15, 0.2) is 0 Å². The summed E-state index contributed by atoms with van der Waals surface area (Å²) in [5.74, 6) is -1.44. The minimum Gasteiger partial charge on any atom is -0.494 e. The van der Waals surface area contributed by atoms with Crippen molar-refractivity contribution in [1.29, 1.82) is 0 Å². The van der Waals surface area contributed by atoms with Crippen molar-refractivity contribution in [3.8, 4) is 5.75 Å². The van der Waals surface area contributed by atoms with Crippen LogP contribution in [-0.4, -0.2) is 88.3 Å². The number of rotatable bonds is 16. The van der Waals surface area contributed by atoms with Gasteiger partial charge < -0.3 is 29.3 Å². The van der Waals surface area contributed by atoms with Crippen molar-refractivity contribution < 1.29 is 29.0 Å². The zero-order chi connectivity index (χ0) is 34.8. The van der Waals surface area contributed by atoms with Crippen molar-refractivity contribution in [1.82, 2.24) is 9.80 Å². The molecule has 3 fully saturated rings. The van der Waals surface area contributed by atoms with E-state index in [1.54, 1.807) is 22.0 Å². The Balaban J connectivity index is 1.78. The van der Waals surface area contributed by atoms with Gasteiger partial charge in [-0.1, -0.05) is 32.9 Å². The molecule has 0 radical (unpaired) electrons. The van der Waals surface area contributed by atoms with E-state index in [4.69, 9.17) is 9.47 Å². The summed E-state index contributed by atoms with van der Waals surface area (Å²) in [6, 6.07) is 6.49. The number of amides is 3. The zero-order valence-corrected chi connectivity index (χ0v) is 29.7. The number of anilines is 1. The molecule has 0 aromatic heterocycles. The third kappa shape index (κ3) is 7.02. The number of benzene rings is 1. The Kier molecular flexibility index (Phi) is 11.0. The van der Waals surface area contributed by atoms with Crippen molar-refractivity contribution in [2.24, 2.45) is 17.3 Å². The Labute approximate surface area is 281 Å². The first-order valence-electron chi connectivity index (χ1n) is 17.3. The van der Waals surface area contributed by atoms with E-state index in [0.717, 1.165) is 12.8 Å². The number of unbranched alkanes of at least 4 members (excludes halogenated alkanes) is 2. The van der Waals surface area contributed by atoms with Crippen molar-refractivity contribution in [3.05, 3.63) is 49.6 Å². The van der Waals surface area contributed by atoms with Crippen LogP contribution in [-0.2, 0) is 19.1 Å². The van der Waals surface area contributed by atoms with E-state index in [1.165, 1.54) is 0 Å². The number of ether oxygens (including phenoxy) is 2. The molecule has 1 spiro atoms. The van der Waals surface area contributed by atoms with Crippen molar-refractivity contribution in [2.75, 3.05) is 37.7 Å². The molecule has 1 aromatic rings. The first-order valence-corrected chi connectivity index (χ1v) is 17.3. The predicted octanol–water partition coefficient (Wildman–Crippen LogP) is 5.76. The molecule has 47 heavy (non-hydrogen) atoms. The fourth-order valence-corrected chi connectivity index (χ4v) is 8.71. The van der Waals surface area contributed by atoms with Gasteiger partial charge in [-0.3, -0.25) is 14.4 Å². The smallest absolute Gasteiger partial charge is 0.249 e. The molecule has 3 heterocycles. The molecule has 3 aliphatic heterocycles. The van der Waals surface area contributed by atoms with Gasteiger partial charge in [-0.25, -0.2) is 0 Å². The number of nitrogens with zero attached hydrogens (tertiary/aromatic N) is 3. The summed E-state index contributed by atoms with van der Waals surface area (Å²) in [6.07, 6.45) is 7.21. The molecule has 3 amide bonds. The fourth-order valence-electron chi connectivity index (χ4n) is 8.71. The van der Waals surface area contributed by atoms with E-state index in [1.807, 2.05) is 43.0 Å². The van der Waals surface area contributed by atoms with Crippen LogP contribution in [0.25, 0.3) is 0 Å². The minimum atomic E-state index is -1.13. The Morgan fingerprint density at radius 2 is 1.70 bits per heavy atom. The predicted molar refractivity (Wildman–Crippen MR) is 185 cm³/mol. The van der Waals surface area contributed by atoms with Gasteiger partial charge >= 0.3 is 0 Å². The van der Waals surface area contributed by atoms with E-state index >= 15 is 4.79 Å². The van der Waals surface area contributed by atoms with E-state index in [9.17, 15) is 14.7 Å². The Hall–Kier alpha value is -3.17. The number of carbonyl (C=O) groups excluding carboxylic acids is 3. The number of aliphatic hydroxyl groups excluding tert-OH is 1. The molecule has 2 bridgehead atoms. The lowest BCUT2D eigenvalue weighted by Gasteiger charge is -2.45. The van der Waals surface area contributed by atoms with Gasteiger partial charge in [0.2, 0.25) is 17.7 Å². The van der Waals surface area contributed by atoms with E-state index in [0.29, 0.717) is 56.8 Å².